The Hall–Kier alpha value is -1.59. The van der Waals surface area contributed by atoms with Gasteiger partial charge < -0.3 is 14.8 Å². The minimum absolute atomic E-state index is 0.205. The normalized spacial score (nSPS) is 10.5. The first-order chi connectivity index (χ1) is 8.66. The lowest BCUT2D eigenvalue weighted by atomic mass is 10.2. The second-order valence-corrected chi connectivity index (χ2v) is 4.71. The maximum absolute atomic E-state index is 10.9. The van der Waals surface area contributed by atoms with Gasteiger partial charge in [-0.25, -0.2) is 4.79 Å². The van der Waals surface area contributed by atoms with Gasteiger partial charge in [0.15, 0.2) is 0 Å². The number of furan rings is 1. The molecule has 4 nitrogen and oxygen atoms in total. The van der Waals surface area contributed by atoms with Crippen LogP contribution in [0.2, 0.25) is 0 Å². The molecule has 0 amide bonds. The number of hydrogen-bond acceptors (Lipinski definition) is 3. The van der Waals surface area contributed by atoms with Gasteiger partial charge in [-0.3, -0.25) is 0 Å². The summed E-state index contributed by atoms with van der Waals surface area (Å²) in [4.78, 5) is 10.9. The summed E-state index contributed by atoms with van der Waals surface area (Å²) in [6, 6.07) is 9.37. The van der Waals surface area contributed by atoms with E-state index < -0.39 is 5.97 Å². The largest absolute Gasteiger partial charge is 0.478 e. The number of carbonyl (C=O) groups is 1. The van der Waals surface area contributed by atoms with Crippen molar-refractivity contribution >= 4 is 21.9 Å². The van der Waals surface area contributed by atoms with Crippen molar-refractivity contribution in [3.63, 3.8) is 0 Å². The standard InChI is InChI=1S/C13H12BrNO3/c14-10-3-1-2-9(6-10)7-15-8-12-11(13(16)17)4-5-18-12/h1-6,15H,7-8H2,(H,16,17). The third-order valence-electron chi connectivity index (χ3n) is 2.48. The van der Waals surface area contributed by atoms with Gasteiger partial charge in [0, 0.05) is 11.0 Å². The monoisotopic (exact) mass is 309 g/mol. The molecule has 2 aromatic rings. The fraction of sp³-hybridized carbons (Fsp3) is 0.154. The van der Waals surface area contributed by atoms with Gasteiger partial charge in [-0.1, -0.05) is 28.1 Å². The van der Waals surface area contributed by atoms with E-state index in [1.165, 1.54) is 12.3 Å². The Morgan fingerprint density at radius 1 is 1.33 bits per heavy atom. The Morgan fingerprint density at radius 3 is 2.89 bits per heavy atom. The highest BCUT2D eigenvalue weighted by atomic mass is 79.9. The molecule has 2 rings (SSSR count). The van der Waals surface area contributed by atoms with Crippen LogP contribution in [0, 0.1) is 0 Å². The lowest BCUT2D eigenvalue weighted by Gasteiger charge is -2.04. The molecular weight excluding hydrogens is 298 g/mol. The van der Waals surface area contributed by atoms with Gasteiger partial charge >= 0.3 is 5.97 Å². The highest BCUT2D eigenvalue weighted by Gasteiger charge is 2.12. The lowest BCUT2D eigenvalue weighted by Crippen LogP contribution is -2.14. The van der Waals surface area contributed by atoms with Crippen molar-refractivity contribution in [3.05, 3.63) is 58.0 Å². The van der Waals surface area contributed by atoms with Crippen molar-refractivity contribution in [1.82, 2.24) is 5.32 Å². The second kappa shape index (κ2) is 5.84. The summed E-state index contributed by atoms with van der Waals surface area (Å²) in [6.07, 6.45) is 1.39. The molecule has 0 atom stereocenters. The van der Waals surface area contributed by atoms with Crippen molar-refractivity contribution in [2.24, 2.45) is 0 Å². The van der Waals surface area contributed by atoms with Gasteiger partial charge in [0.05, 0.1) is 12.8 Å². The van der Waals surface area contributed by atoms with E-state index >= 15 is 0 Å². The fourth-order valence-corrected chi connectivity index (χ4v) is 2.08. The average molecular weight is 310 g/mol. The van der Waals surface area contributed by atoms with E-state index in [1.807, 2.05) is 24.3 Å². The van der Waals surface area contributed by atoms with Gasteiger partial charge in [-0.05, 0) is 23.8 Å². The first-order valence-electron chi connectivity index (χ1n) is 5.41. The minimum atomic E-state index is -0.969. The van der Waals surface area contributed by atoms with E-state index in [1.54, 1.807) is 0 Å². The Balaban J connectivity index is 1.92. The highest BCUT2D eigenvalue weighted by Crippen LogP contribution is 2.13. The molecule has 94 valence electrons. The van der Waals surface area contributed by atoms with Crippen LogP contribution in [0.5, 0.6) is 0 Å². The van der Waals surface area contributed by atoms with Gasteiger partial charge in [0.1, 0.15) is 11.3 Å². The SMILES string of the molecule is O=C(O)c1ccoc1CNCc1cccc(Br)c1. The third-order valence-corrected chi connectivity index (χ3v) is 2.97. The zero-order valence-corrected chi connectivity index (χ0v) is 11.1. The molecule has 0 aliphatic heterocycles. The van der Waals surface area contributed by atoms with E-state index in [-0.39, 0.29) is 5.56 Å². The number of rotatable bonds is 5. The zero-order valence-electron chi connectivity index (χ0n) is 9.52. The molecule has 0 unspecified atom stereocenters. The van der Waals surface area contributed by atoms with E-state index in [4.69, 9.17) is 9.52 Å². The third kappa shape index (κ3) is 3.21. The molecule has 1 aromatic heterocycles. The van der Waals surface area contributed by atoms with Crippen LogP contribution in [-0.4, -0.2) is 11.1 Å². The summed E-state index contributed by atoms with van der Waals surface area (Å²) in [5, 5.41) is 12.1. The quantitative estimate of drug-likeness (QED) is 0.891. The van der Waals surface area contributed by atoms with Crippen molar-refractivity contribution in [2.45, 2.75) is 13.1 Å². The van der Waals surface area contributed by atoms with Crippen LogP contribution >= 0.6 is 15.9 Å². The molecular formula is C13H12BrNO3. The van der Waals surface area contributed by atoms with Crippen LogP contribution in [0.1, 0.15) is 21.7 Å². The first kappa shape index (κ1) is 12.9. The first-order valence-corrected chi connectivity index (χ1v) is 6.21. The van der Waals surface area contributed by atoms with E-state index in [9.17, 15) is 4.79 Å². The Kier molecular flexibility index (Phi) is 4.17. The summed E-state index contributed by atoms with van der Waals surface area (Å²) in [5.74, 6) is -0.527. The molecule has 0 saturated heterocycles. The molecule has 0 aliphatic carbocycles. The number of benzene rings is 1. The van der Waals surface area contributed by atoms with E-state index in [0.717, 1.165) is 10.0 Å². The summed E-state index contributed by atoms with van der Waals surface area (Å²) in [6.45, 7) is 1.04. The molecule has 0 spiro atoms. The number of aromatic carboxylic acids is 1. The summed E-state index contributed by atoms with van der Waals surface area (Å²) in [7, 11) is 0. The van der Waals surface area contributed by atoms with Crippen LogP contribution in [0.3, 0.4) is 0 Å². The Morgan fingerprint density at radius 2 is 2.17 bits per heavy atom. The van der Waals surface area contributed by atoms with E-state index in [2.05, 4.69) is 21.2 Å². The minimum Gasteiger partial charge on any atom is -0.478 e. The predicted molar refractivity (Wildman–Crippen MR) is 70.4 cm³/mol. The lowest BCUT2D eigenvalue weighted by molar-refractivity contribution is 0.0694. The predicted octanol–water partition coefficient (Wildman–Crippen LogP) is 3.03. The molecule has 0 radical (unpaired) electrons. The smallest absolute Gasteiger partial charge is 0.339 e. The van der Waals surface area contributed by atoms with Crippen molar-refractivity contribution < 1.29 is 14.3 Å². The van der Waals surface area contributed by atoms with Crippen LogP contribution in [0.4, 0.5) is 0 Å². The molecule has 1 heterocycles. The summed E-state index contributed by atoms with van der Waals surface area (Å²) >= 11 is 3.40. The van der Waals surface area contributed by atoms with Gasteiger partial charge in [-0.2, -0.15) is 0 Å². The van der Waals surface area contributed by atoms with Crippen molar-refractivity contribution in [3.8, 4) is 0 Å². The molecule has 0 aliphatic rings. The maximum Gasteiger partial charge on any atom is 0.339 e. The Bertz CT molecular complexity index is 551. The molecule has 0 fully saturated rings. The van der Waals surface area contributed by atoms with Crippen LogP contribution < -0.4 is 5.32 Å². The number of halogens is 1. The average Bonchev–Trinajstić information content (AvgIpc) is 2.77. The molecule has 2 N–H and O–H groups in total. The van der Waals surface area contributed by atoms with Crippen LogP contribution in [-0.2, 0) is 13.1 Å². The van der Waals surface area contributed by atoms with Gasteiger partial charge in [0.25, 0.3) is 0 Å². The fourth-order valence-electron chi connectivity index (χ4n) is 1.64. The van der Waals surface area contributed by atoms with E-state index in [0.29, 0.717) is 18.8 Å². The number of carboxylic acid groups (broad SMARTS) is 1. The van der Waals surface area contributed by atoms with Gasteiger partial charge in [-0.15, -0.1) is 0 Å². The number of carboxylic acids is 1. The van der Waals surface area contributed by atoms with Gasteiger partial charge in [0.2, 0.25) is 0 Å². The molecule has 0 saturated carbocycles. The topological polar surface area (TPSA) is 62.5 Å². The highest BCUT2D eigenvalue weighted by molar-refractivity contribution is 9.10. The molecule has 18 heavy (non-hydrogen) atoms. The van der Waals surface area contributed by atoms with Crippen molar-refractivity contribution in [1.29, 1.82) is 0 Å². The summed E-state index contributed by atoms with van der Waals surface area (Å²) in [5.41, 5.74) is 1.32. The second-order valence-electron chi connectivity index (χ2n) is 3.80. The molecule has 0 bridgehead atoms. The number of nitrogens with one attached hydrogen (secondary N) is 1. The zero-order chi connectivity index (χ0) is 13.0. The van der Waals surface area contributed by atoms with Crippen LogP contribution in [0.25, 0.3) is 0 Å². The maximum atomic E-state index is 10.9. The molecule has 5 heteroatoms. The van der Waals surface area contributed by atoms with Crippen LogP contribution in [0.15, 0.2) is 45.5 Å². The summed E-state index contributed by atoms with van der Waals surface area (Å²) < 4.78 is 6.15. The number of hydrogen-bond donors (Lipinski definition) is 2. The van der Waals surface area contributed by atoms with Crippen molar-refractivity contribution in [2.75, 3.05) is 0 Å². The Labute approximate surface area is 113 Å². The molecule has 1 aromatic carbocycles.